The molecule has 0 fully saturated rings. The summed E-state index contributed by atoms with van der Waals surface area (Å²) in [6.45, 7) is 2.55. The van der Waals surface area contributed by atoms with E-state index in [-0.39, 0.29) is 13.0 Å². The van der Waals surface area contributed by atoms with Crippen LogP contribution >= 0.6 is 0 Å². The number of methoxy groups -OCH3 is 1. The van der Waals surface area contributed by atoms with Crippen molar-refractivity contribution in [3.63, 3.8) is 0 Å². The van der Waals surface area contributed by atoms with E-state index in [1.54, 1.807) is 6.92 Å². The van der Waals surface area contributed by atoms with Crippen molar-refractivity contribution in [2.45, 2.75) is 19.9 Å². The average Bonchev–Trinajstić information content (AvgIpc) is 2.50. The molecule has 0 aromatic heterocycles. The minimum absolute atomic E-state index is 0.0368. The molecular weight excluding hydrogens is 292 g/mol. The van der Waals surface area contributed by atoms with Crippen LogP contribution in [0.15, 0.2) is 30.3 Å². The summed E-state index contributed by atoms with van der Waals surface area (Å²) in [5, 5.41) is 0. The zero-order chi connectivity index (χ0) is 15.9. The summed E-state index contributed by atoms with van der Waals surface area (Å²) >= 11 is 0. The Labute approximate surface area is 126 Å². The third-order valence-corrected chi connectivity index (χ3v) is 5.14. The van der Waals surface area contributed by atoms with Gasteiger partial charge >= 0.3 is 5.97 Å². The monoisotopic (exact) mass is 314 g/mol. The molecule has 0 radical (unpaired) electrons. The van der Waals surface area contributed by atoms with E-state index in [0.29, 0.717) is 13.1 Å². The summed E-state index contributed by atoms with van der Waals surface area (Å²) in [4.78, 5) is 11.1. The highest BCUT2D eigenvalue weighted by molar-refractivity contribution is 7.86. The van der Waals surface area contributed by atoms with Gasteiger partial charge in [-0.3, -0.25) is 4.79 Å². The topological polar surface area (TPSA) is 66.9 Å². The Kier molecular flexibility index (Phi) is 6.80. The maximum absolute atomic E-state index is 12.5. The van der Waals surface area contributed by atoms with Crippen molar-refractivity contribution in [3.05, 3.63) is 35.9 Å². The normalized spacial score (nSPS) is 11.9. The Hall–Kier alpha value is -1.44. The third kappa shape index (κ3) is 5.11. The number of ether oxygens (including phenoxy) is 1. The van der Waals surface area contributed by atoms with Crippen LogP contribution in [0.1, 0.15) is 18.9 Å². The fraction of sp³-hybridized carbons (Fsp3) is 0.500. The molecule has 0 aliphatic rings. The minimum atomic E-state index is -3.59. The molecule has 6 nitrogen and oxygen atoms in total. The Morgan fingerprint density at radius 3 is 2.38 bits per heavy atom. The fourth-order valence-corrected chi connectivity index (χ4v) is 3.16. The molecule has 7 heteroatoms. The van der Waals surface area contributed by atoms with Crippen LogP contribution in [0.3, 0.4) is 0 Å². The molecule has 0 saturated heterocycles. The van der Waals surface area contributed by atoms with E-state index in [1.165, 1.54) is 22.8 Å². The van der Waals surface area contributed by atoms with Crippen LogP contribution in [-0.2, 0) is 26.3 Å². The fourth-order valence-electron chi connectivity index (χ4n) is 1.81. The summed E-state index contributed by atoms with van der Waals surface area (Å²) < 4.78 is 32.0. The highest BCUT2D eigenvalue weighted by Crippen LogP contribution is 2.12. The van der Waals surface area contributed by atoms with Gasteiger partial charge in [-0.25, -0.2) is 0 Å². The van der Waals surface area contributed by atoms with Gasteiger partial charge in [0.05, 0.1) is 13.5 Å². The lowest BCUT2D eigenvalue weighted by molar-refractivity contribution is -0.140. The molecule has 0 spiro atoms. The van der Waals surface area contributed by atoms with Crippen LogP contribution in [0.4, 0.5) is 0 Å². The standard InChI is InChI=1S/C14H22N2O4S/c1-4-16(12-13-8-6-5-7-9-13)21(18,19)15(2)11-10-14(17)20-3/h5-9H,4,10-12H2,1-3H3. The number of hydrogen-bond donors (Lipinski definition) is 0. The van der Waals surface area contributed by atoms with E-state index < -0.39 is 16.2 Å². The molecule has 0 N–H and O–H groups in total. The van der Waals surface area contributed by atoms with E-state index in [9.17, 15) is 13.2 Å². The van der Waals surface area contributed by atoms with Crippen molar-refractivity contribution in [1.82, 2.24) is 8.61 Å². The smallest absolute Gasteiger partial charge is 0.306 e. The number of esters is 1. The van der Waals surface area contributed by atoms with E-state index >= 15 is 0 Å². The van der Waals surface area contributed by atoms with Gasteiger partial charge in [-0.15, -0.1) is 0 Å². The van der Waals surface area contributed by atoms with Gasteiger partial charge in [0.15, 0.2) is 0 Å². The van der Waals surface area contributed by atoms with Crippen LogP contribution < -0.4 is 0 Å². The molecule has 0 bridgehead atoms. The lowest BCUT2D eigenvalue weighted by atomic mass is 10.2. The summed E-state index contributed by atoms with van der Waals surface area (Å²) in [5.74, 6) is -0.428. The van der Waals surface area contributed by atoms with Gasteiger partial charge in [0.2, 0.25) is 0 Å². The number of nitrogens with zero attached hydrogens (tertiary/aromatic N) is 2. The van der Waals surface area contributed by atoms with Crippen LogP contribution in [0.5, 0.6) is 0 Å². The van der Waals surface area contributed by atoms with E-state index in [2.05, 4.69) is 4.74 Å². The van der Waals surface area contributed by atoms with Crippen molar-refractivity contribution in [1.29, 1.82) is 0 Å². The van der Waals surface area contributed by atoms with Crippen molar-refractivity contribution >= 4 is 16.2 Å². The first-order valence-electron chi connectivity index (χ1n) is 6.74. The number of hydrogen-bond acceptors (Lipinski definition) is 4. The van der Waals surface area contributed by atoms with Gasteiger partial charge in [0.25, 0.3) is 10.2 Å². The molecule has 0 amide bonds. The van der Waals surface area contributed by atoms with Crippen molar-refractivity contribution in [3.8, 4) is 0 Å². The molecule has 1 aromatic carbocycles. The molecule has 0 atom stereocenters. The molecule has 0 unspecified atom stereocenters. The molecule has 0 heterocycles. The molecule has 0 saturated carbocycles. The number of carbonyl (C=O) groups is 1. The SMILES string of the molecule is CCN(Cc1ccccc1)S(=O)(=O)N(C)CCC(=O)OC. The maximum Gasteiger partial charge on any atom is 0.306 e. The summed E-state index contributed by atoms with van der Waals surface area (Å²) in [7, 11) is -0.848. The first kappa shape index (κ1) is 17.6. The zero-order valence-electron chi connectivity index (χ0n) is 12.7. The van der Waals surface area contributed by atoms with Crippen molar-refractivity contribution in [2.24, 2.45) is 0 Å². The van der Waals surface area contributed by atoms with Crippen LogP contribution in [0, 0.1) is 0 Å². The van der Waals surface area contributed by atoms with Gasteiger partial charge in [-0.1, -0.05) is 37.3 Å². The molecule has 1 rings (SSSR count). The van der Waals surface area contributed by atoms with Crippen LogP contribution in [0.25, 0.3) is 0 Å². The predicted molar refractivity (Wildman–Crippen MR) is 80.7 cm³/mol. The second kappa shape index (κ2) is 8.11. The van der Waals surface area contributed by atoms with E-state index in [1.807, 2.05) is 30.3 Å². The van der Waals surface area contributed by atoms with Gasteiger partial charge < -0.3 is 4.74 Å². The first-order chi connectivity index (χ1) is 9.91. The van der Waals surface area contributed by atoms with Crippen LogP contribution in [0.2, 0.25) is 0 Å². The summed E-state index contributed by atoms with van der Waals surface area (Å²) in [6, 6.07) is 9.39. The van der Waals surface area contributed by atoms with Gasteiger partial charge in [0.1, 0.15) is 0 Å². The lowest BCUT2D eigenvalue weighted by Gasteiger charge is -2.26. The second-order valence-corrected chi connectivity index (χ2v) is 6.60. The van der Waals surface area contributed by atoms with Crippen LogP contribution in [-0.4, -0.2) is 50.2 Å². The minimum Gasteiger partial charge on any atom is -0.469 e. The average molecular weight is 314 g/mol. The highest BCUT2D eigenvalue weighted by atomic mass is 32.2. The number of rotatable bonds is 8. The molecule has 118 valence electrons. The Morgan fingerprint density at radius 1 is 1.24 bits per heavy atom. The summed E-state index contributed by atoms with van der Waals surface area (Å²) in [6.07, 6.45) is 0.0368. The third-order valence-electron chi connectivity index (χ3n) is 3.13. The Morgan fingerprint density at radius 2 is 1.86 bits per heavy atom. The van der Waals surface area contributed by atoms with Gasteiger partial charge in [0, 0.05) is 26.7 Å². The largest absolute Gasteiger partial charge is 0.469 e. The predicted octanol–water partition coefficient (Wildman–Crippen LogP) is 1.25. The first-order valence-corrected chi connectivity index (χ1v) is 8.13. The lowest BCUT2D eigenvalue weighted by Crippen LogP contribution is -2.42. The van der Waals surface area contributed by atoms with Crippen molar-refractivity contribution in [2.75, 3.05) is 27.2 Å². The highest BCUT2D eigenvalue weighted by Gasteiger charge is 2.26. The maximum atomic E-state index is 12.5. The van der Waals surface area contributed by atoms with Gasteiger partial charge in [-0.2, -0.15) is 17.0 Å². The molecule has 0 aliphatic heterocycles. The Balaban J connectivity index is 2.75. The van der Waals surface area contributed by atoms with E-state index in [4.69, 9.17) is 0 Å². The molecule has 0 aliphatic carbocycles. The summed E-state index contributed by atoms with van der Waals surface area (Å²) in [5.41, 5.74) is 0.921. The van der Waals surface area contributed by atoms with Crippen molar-refractivity contribution < 1.29 is 17.9 Å². The van der Waals surface area contributed by atoms with E-state index in [0.717, 1.165) is 5.56 Å². The number of carbonyl (C=O) groups excluding carboxylic acids is 1. The molecular formula is C14H22N2O4S. The van der Waals surface area contributed by atoms with Gasteiger partial charge in [-0.05, 0) is 5.56 Å². The molecule has 21 heavy (non-hydrogen) atoms. The quantitative estimate of drug-likeness (QED) is 0.677. The zero-order valence-corrected chi connectivity index (χ0v) is 13.5. The molecule has 1 aromatic rings. The second-order valence-electron chi connectivity index (χ2n) is 4.57. The Bertz CT molecular complexity index is 545. The number of benzene rings is 1.